The van der Waals surface area contributed by atoms with Crippen LogP contribution in [0.25, 0.3) is 0 Å². The number of nitrogens with zero attached hydrogens (tertiary/aromatic N) is 1. The molecule has 1 aliphatic heterocycles. The van der Waals surface area contributed by atoms with Crippen LogP contribution in [-0.2, 0) is 20.8 Å². The third-order valence-corrected chi connectivity index (χ3v) is 6.07. The number of alkyl carbamates (subject to hydrolysis) is 1. The number of nitrogens with one attached hydrogen (secondary N) is 3. The van der Waals surface area contributed by atoms with Gasteiger partial charge in [-0.1, -0.05) is 37.3 Å². The largest absolute Gasteiger partial charge is 0.446 e. The molecule has 30 heavy (non-hydrogen) atoms. The molecule has 0 radical (unpaired) electrons. The van der Waals surface area contributed by atoms with E-state index in [2.05, 4.69) is 20.8 Å². The van der Waals surface area contributed by atoms with Gasteiger partial charge in [-0.2, -0.15) is 5.10 Å². The van der Waals surface area contributed by atoms with Crippen molar-refractivity contribution in [2.45, 2.75) is 51.2 Å². The Kier molecular flexibility index (Phi) is 6.03. The topological polar surface area (TPSA) is 105 Å². The van der Waals surface area contributed by atoms with Crippen molar-refractivity contribution in [2.75, 3.05) is 18.5 Å². The van der Waals surface area contributed by atoms with Crippen LogP contribution in [-0.4, -0.2) is 41.5 Å². The van der Waals surface area contributed by atoms with Gasteiger partial charge in [-0.25, -0.2) is 4.79 Å². The van der Waals surface area contributed by atoms with Crippen molar-refractivity contribution in [1.29, 1.82) is 0 Å². The number of carbonyl (C=O) groups excluding carboxylic acids is 2. The minimum absolute atomic E-state index is 0.0197. The maximum atomic E-state index is 12.6. The van der Waals surface area contributed by atoms with E-state index in [0.29, 0.717) is 38.4 Å². The van der Waals surface area contributed by atoms with Crippen molar-refractivity contribution in [1.82, 2.24) is 15.5 Å². The average Bonchev–Trinajstić information content (AvgIpc) is 3.18. The monoisotopic (exact) mass is 412 g/mol. The highest BCUT2D eigenvalue weighted by atomic mass is 16.6. The fourth-order valence-corrected chi connectivity index (χ4v) is 3.80. The van der Waals surface area contributed by atoms with E-state index >= 15 is 0 Å². The molecule has 160 valence electrons. The van der Waals surface area contributed by atoms with Crippen molar-refractivity contribution in [3.05, 3.63) is 47.7 Å². The second-order valence-electron chi connectivity index (χ2n) is 8.37. The zero-order valence-corrected chi connectivity index (χ0v) is 17.1. The molecule has 2 aromatic rings. The van der Waals surface area contributed by atoms with Crippen LogP contribution < -0.4 is 10.6 Å². The predicted molar refractivity (Wildman–Crippen MR) is 111 cm³/mol. The Labute approximate surface area is 175 Å². The van der Waals surface area contributed by atoms with Gasteiger partial charge in [0.1, 0.15) is 6.10 Å². The van der Waals surface area contributed by atoms with E-state index < -0.39 is 11.5 Å². The Bertz CT molecular complexity index is 870. The van der Waals surface area contributed by atoms with Crippen LogP contribution in [0.3, 0.4) is 0 Å². The molecule has 3 N–H and O–H groups in total. The molecule has 1 aliphatic carbocycles. The molecule has 1 saturated carbocycles. The van der Waals surface area contributed by atoms with Crippen LogP contribution in [0, 0.1) is 5.41 Å². The number of ether oxygens (including phenoxy) is 2. The number of benzene rings is 1. The SMILES string of the molecule is CC1(C(=O)Nc2cc([C@H]3C[C@@H](OC(=O)NCc4ccccc4)C3)[nH]n2)CCOCC1. The molecule has 8 heteroatoms. The number of H-pyrrole nitrogens is 1. The van der Waals surface area contributed by atoms with E-state index in [1.54, 1.807) is 0 Å². The van der Waals surface area contributed by atoms with E-state index in [1.807, 2.05) is 43.3 Å². The second-order valence-corrected chi connectivity index (χ2v) is 8.37. The Morgan fingerprint density at radius 2 is 1.97 bits per heavy atom. The van der Waals surface area contributed by atoms with Crippen molar-refractivity contribution < 1.29 is 19.1 Å². The zero-order valence-electron chi connectivity index (χ0n) is 17.1. The fourth-order valence-electron chi connectivity index (χ4n) is 3.80. The second kappa shape index (κ2) is 8.87. The number of amides is 2. The van der Waals surface area contributed by atoms with Gasteiger partial charge in [0, 0.05) is 37.4 Å². The summed E-state index contributed by atoms with van der Waals surface area (Å²) < 4.78 is 10.8. The molecule has 0 spiro atoms. The lowest BCUT2D eigenvalue weighted by molar-refractivity contribution is -0.129. The average molecular weight is 412 g/mol. The van der Waals surface area contributed by atoms with Gasteiger partial charge in [-0.3, -0.25) is 9.89 Å². The van der Waals surface area contributed by atoms with Gasteiger partial charge in [0.15, 0.2) is 5.82 Å². The summed E-state index contributed by atoms with van der Waals surface area (Å²) in [6, 6.07) is 11.6. The number of hydrogen-bond donors (Lipinski definition) is 3. The summed E-state index contributed by atoms with van der Waals surface area (Å²) in [6.07, 6.45) is 2.40. The molecule has 2 heterocycles. The molecule has 2 amide bonds. The summed E-state index contributed by atoms with van der Waals surface area (Å²) in [6.45, 7) is 3.63. The number of rotatable bonds is 6. The summed E-state index contributed by atoms with van der Waals surface area (Å²) in [7, 11) is 0. The minimum atomic E-state index is -0.417. The van der Waals surface area contributed by atoms with Gasteiger partial charge in [0.25, 0.3) is 0 Å². The molecule has 8 nitrogen and oxygen atoms in total. The maximum Gasteiger partial charge on any atom is 0.407 e. The van der Waals surface area contributed by atoms with E-state index in [4.69, 9.17) is 9.47 Å². The summed E-state index contributed by atoms with van der Waals surface area (Å²) >= 11 is 0. The molecular weight excluding hydrogens is 384 g/mol. The molecule has 1 aromatic carbocycles. The predicted octanol–water partition coefficient (Wildman–Crippen LogP) is 3.34. The van der Waals surface area contributed by atoms with Gasteiger partial charge in [0.05, 0.1) is 5.41 Å². The lowest BCUT2D eigenvalue weighted by Gasteiger charge is -2.33. The summed E-state index contributed by atoms with van der Waals surface area (Å²) in [5.41, 5.74) is 1.56. The third-order valence-electron chi connectivity index (χ3n) is 6.07. The Morgan fingerprint density at radius 1 is 1.23 bits per heavy atom. The summed E-state index contributed by atoms with van der Waals surface area (Å²) in [5.74, 6) is 0.759. The number of aromatic nitrogens is 2. The van der Waals surface area contributed by atoms with Crippen LogP contribution in [0.2, 0.25) is 0 Å². The molecule has 0 atom stereocenters. The van der Waals surface area contributed by atoms with Crippen LogP contribution in [0.4, 0.5) is 10.6 Å². The first-order valence-corrected chi connectivity index (χ1v) is 10.4. The van der Waals surface area contributed by atoms with Crippen molar-refractivity contribution in [3.8, 4) is 0 Å². The first-order chi connectivity index (χ1) is 14.5. The van der Waals surface area contributed by atoms with Gasteiger partial charge in [-0.15, -0.1) is 0 Å². The van der Waals surface area contributed by atoms with Gasteiger partial charge >= 0.3 is 6.09 Å². The molecule has 2 aliphatic rings. The molecule has 2 fully saturated rings. The summed E-state index contributed by atoms with van der Waals surface area (Å²) in [4.78, 5) is 24.6. The highest BCUT2D eigenvalue weighted by Gasteiger charge is 2.37. The van der Waals surface area contributed by atoms with E-state index in [1.165, 1.54) is 0 Å². The molecule has 0 unspecified atom stereocenters. The Hall–Kier alpha value is -2.87. The van der Waals surface area contributed by atoms with Gasteiger partial charge in [0.2, 0.25) is 5.91 Å². The first kappa shape index (κ1) is 20.4. The maximum absolute atomic E-state index is 12.6. The third kappa shape index (κ3) is 4.81. The molecule has 4 rings (SSSR count). The van der Waals surface area contributed by atoms with Crippen LogP contribution in [0.15, 0.2) is 36.4 Å². The standard InChI is InChI=1S/C22H28N4O4/c1-22(7-9-29-10-8-22)20(27)24-19-13-18(25-26-19)16-11-17(12-16)30-21(28)23-14-15-5-3-2-4-6-15/h2-6,13,16-17H,7-12,14H2,1H3,(H,23,28)(H2,24,25,26,27)/t16-,17+. The van der Waals surface area contributed by atoms with Gasteiger partial charge < -0.3 is 20.1 Å². The highest BCUT2D eigenvalue weighted by Crippen LogP contribution is 2.39. The van der Waals surface area contributed by atoms with Crippen LogP contribution in [0.5, 0.6) is 0 Å². The smallest absolute Gasteiger partial charge is 0.407 e. The fraction of sp³-hybridized carbons (Fsp3) is 0.500. The number of hydrogen-bond acceptors (Lipinski definition) is 5. The number of carbonyl (C=O) groups is 2. The van der Waals surface area contributed by atoms with Crippen molar-refractivity contribution >= 4 is 17.8 Å². The Morgan fingerprint density at radius 3 is 2.70 bits per heavy atom. The lowest BCUT2D eigenvalue weighted by Crippen LogP contribution is -2.38. The molecule has 1 saturated heterocycles. The quantitative estimate of drug-likeness (QED) is 0.675. The Balaban J connectivity index is 1.20. The van der Waals surface area contributed by atoms with Crippen LogP contribution in [0.1, 0.15) is 49.8 Å². The van der Waals surface area contributed by atoms with Gasteiger partial charge in [-0.05, 0) is 31.2 Å². The van der Waals surface area contributed by atoms with E-state index in [-0.39, 0.29) is 17.9 Å². The molecule has 1 aromatic heterocycles. The number of aromatic amines is 1. The molecule has 0 bridgehead atoms. The summed E-state index contributed by atoms with van der Waals surface area (Å²) in [5, 5.41) is 12.9. The van der Waals surface area contributed by atoms with E-state index in [0.717, 1.165) is 24.1 Å². The molecular formula is C22H28N4O4. The van der Waals surface area contributed by atoms with E-state index in [9.17, 15) is 9.59 Å². The van der Waals surface area contributed by atoms with Crippen LogP contribution >= 0.6 is 0 Å². The van der Waals surface area contributed by atoms with Crippen molar-refractivity contribution in [3.63, 3.8) is 0 Å². The first-order valence-electron chi connectivity index (χ1n) is 10.4. The highest BCUT2D eigenvalue weighted by molar-refractivity contribution is 5.94. The normalized spacial score (nSPS) is 22.6. The minimum Gasteiger partial charge on any atom is -0.446 e. The van der Waals surface area contributed by atoms with Crippen molar-refractivity contribution in [2.24, 2.45) is 5.41 Å². The lowest BCUT2D eigenvalue weighted by atomic mass is 9.80. The number of anilines is 1. The zero-order chi connectivity index (χ0) is 21.0.